The number of aryl methyl sites for hydroxylation is 1. The molecule has 0 spiro atoms. The third-order valence-electron chi connectivity index (χ3n) is 2.77. The van der Waals surface area contributed by atoms with Gasteiger partial charge in [0, 0.05) is 18.9 Å². The number of rotatable bonds is 3. The number of hydrogen-bond donors (Lipinski definition) is 1. The zero-order valence-corrected chi connectivity index (χ0v) is 12.0. The molecule has 1 aromatic rings. The summed E-state index contributed by atoms with van der Waals surface area (Å²) < 4.78 is 0. The number of carbonyl (C=O) groups excluding carboxylic acids is 3. The van der Waals surface area contributed by atoms with Crippen LogP contribution in [0.1, 0.15) is 29.3 Å². The molecule has 0 radical (unpaired) electrons. The van der Waals surface area contributed by atoms with E-state index in [-0.39, 0.29) is 29.2 Å². The maximum atomic E-state index is 12.1. The molecule has 1 aliphatic heterocycles. The Labute approximate surface area is 120 Å². The van der Waals surface area contributed by atoms with Crippen molar-refractivity contribution in [2.24, 2.45) is 4.99 Å². The number of Topliss-reactive ketones (excluding diaryl/α,β-unsaturated/α-hetero) is 1. The van der Waals surface area contributed by atoms with Gasteiger partial charge in [0.1, 0.15) is 5.25 Å². The quantitative estimate of drug-likeness (QED) is 0.860. The number of carbonyl (C=O) groups is 3. The van der Waals surface area contributed by atoms with E-state index in [4.69, 9.17) is 0 Å². The van der Waals surface area contributed by atoms with Crippen molar-refractivity contribution in [2.75, 3.05) is 0 Å². The number of thioether (sulfide) groups is 1. The Morgan fingerprint density at radius 3 is 2.55 bits per heavy atom. The van der Waals surface area contributed by atoms with Crippen LogP contribution in [0.5, 0.6) is 0 Å². The van der Waals surface area contributed by atoms with E-state index < -0.39 is 5.25 Å². The lowest BCUT2D eigenvalue weighted by atomic mass is 10.0. The van der Waals surface area contributed by atoms with Crippen molar-refractivity contribution in [2.45, 2.75) is 25.5 Å². The summed E-state index contributed by atoms with van der Waals surface area (Å²) in [4.78, 5) is 38.4. The minimum atomic E-state index is -0.550. The summed E-state index contributed by atoms with van der Waals surface area (Å²) >= 11 is 1.12. The molecule has 5 nitrogen and oxygen atoms in total. The van der Waals surface area contributed by atoms with E-state index in [0.717, 1.165) is 17.3 Å². The van der Waals surface area contributed by atoms with Gasteiger partial charge in [0.05, 0.1) is 0 Å². The summed E-state index contributed by atoms with van der Waals surface area (Å²) in [7, 11) is 0. The molecule has 104 valence electrons. The Hall–Kier alpha value is -1.95. The highest BCUT2D eigenvalue weighted by molar-refractivity contribution is 8.15. The first kappa shape index (κ1) is 14.5. The van der Waals surface area contributed by atoms with Gasteiger partial charge in [-0.15, -0.1) is 0 Å². The molecule has 2 rings (SSSR count). The predicted molar refractivity (Wildman–Crippen MR) is 77.8 cm³/mol. The fourth-order valence-corrected chi connectivity index (χ4v) is 2.75. The SMILES string of the molecule is CC(=O)NC1=NC(=O)[C@@H](CC(=O)c2ccc(C)cc2)S1. The first-order chi connectivity index (χ1) is 9.45. The van der Waals surface area contributed by atoms with Crippen LogP contribution in [0.25, 0.3) is 0 Å². The van der Waals surface area contributed by atoms with Crippen molar-refractivity contribution in [1.82, 2.24) is 5.32 Å². The molecular weight excluding hydrogens is 276 g/mol. The minimum Gasteiger partial charge on any atom is -0.305 e. The highest BCUT2D eigenvalue weighted by Crippen LogP contribution is 2.25. The van der Waals surface area contributed by atoms with Gasteiger partial charge >= 0.3 is 0 Å². The van der Waals surface area contributed by atoms with Gasteiger partial charge in [-0.05, 0) is 6.92 Å². The van der Waals surface area contributed by atoms with Crippen molar-refractivity contribution in [1.29, 1.82) is 0 Å². The molecule has 1 atom stereocenters. The van der Waals surface area contributed by atoms with Crippen molar-refractivity contribution in [3.63, 3.8) is 0 Å². The third kappa shape index (κ3) is 3.54. The zero-order valence-electron chi connectivity index (χ0n) is 11.2. The average molecular weight is 290 g/mol. The Morgan fingerprint density at radius 2 is 1.95 bits per heavy atom. The van der Waals surface area contributed by atoms with Crippen LogP contribution in [0.15, 0.2) is 29.3 Å². The van der Waals surface area contributed by atoms with Crippen LogP contribution in [0.2, 0.25) is 0 Å². The zero-order chi connectivity index (χ0) is 14.7. The van der Waals surface area contributed by atoms with Gasteiger partial charge in [0.2, 0.25) is 5.91 Å². The Morgan fingerprint density at radius 1 is 1.30 bits per heavy atom. The van der Waals surface area contributed by atoms with E-state index in [9.17, 15) is 14.4 Å². The number of ketones is 1. The number of nitrogens with one attached hydrogen (secondary N) is 1. The first-order valence-electron chi connectivity index (χ1n) is 6.12. The molecule has 0 bridgehead atoms. The number of nitrogens with zero attached hydrogens (tertiary/aromatic N) is 1. The average Bonchev–Trinajstić information content (AvgIpc) is 2.69. The highest BCUT2D eigenvalue weighted by Gasteiger charge is 2.31. The molecule has 2 amide bonds. The molecule has 20 heavy (non-hydrogen) atoms. The number of hydrogen-bond acceptors (Lipinski definition) is 4. The van der Waals surface area contributed by atoms with Gasteiger partial charge in [-0.1, -0.05) is 41.6 Å². The van der Waals surface area contributed by atoms with Gasteiger partial charge in [-0.25, -0.2) is 0 Å². The summed E-state index contributed by atoms with van der Waals surface area (Å²) in [6.07, 6.45) is 0.0825. The lowest BCUT2D eigenvalue weighted by Gasteiger charge is -2.06. The number of amidine groups is 1. The van der Waals surface area contributed by atoms with Crippen LogP contribution >= 0.6 is 11.8 Å². The maximum Gasteiger partial charge on any atom is 0.262 e. The lowest BCUT2D eigenvalue weighted by molar-refractivity contribution is -0.117. The van der Waals surface area contributed by atoms with Crippen LogP contribution in [-0.4, -0.2) is 28.0 Å². The summed E-state index contributed by atoms with van der Waals surface area (Å²) in [5.74, 6) is -0.760. The molecule has 0 unspecified atom stereocenters. The molecule has 1 N–H and O–H groups in total. The normalized spacial score (nSPS) is 17.8. The van der Waals surface area contributed by atoms with Crippen LogP contribution in [0.3, 0.4) is 0 Å². The van der Waals surface area contributed by atoms with E-state index in [0.29, 0.717) is 5.56 Å². The smallest absolute Gasteiger partial charge is 0.262 e. The molecule has 1 aliphatic rings. The molecule has 1 heterocycles. The van der Waals surface area contributed by atoms with Crippen LogP contribution in [-0.2, 0) is 9.59 Å². The molecule has 1 aromatic carbocycles. The second kappa shape index (κ2) is 6.00. The summed E-state index contributed by atoms with van der Waals surface area (Å²) in [6, 6.07) is 7.21. The van der Waals surface area contributed by atoms with Gasteiger partial charge in [0.25, 0.3) is 5.91 Å². The number of aliphatic imine (C=N–C) groups is 1. The van der Waals surface area contributed by atoms with Crippen molar-refractivity contribution in [3.8, 4) is 0 Å². The highest BCUT2D eigenvalue weighted by atomic mass is 32.2. The summed E-state index contributed by atoms with van der Waals surface area (Å²) in [5, 5.41) is 2.18. The first-order valence-corrected chi connectivity index (χ1v) is 7.00. The Balaban J connectivity index is 1.98. The monoisotopic (exact) mass is 290 g/mol. The maximum absolute atomic E-state index is 12.1. The van der Waals surface area contributed by atoms with Crippen molar-refractivity contribution >= 4 is 34.5 Å². The van der Waals surface area contributed by atoms with Crippen molar-refractivity contribution < 1.29 is 14.4 Å². The van der Waals surface area contributed by atoms with Gasteiger partial charge in [0.15, 0.2) is 11.0 Å². The Bertz CT molecular complexity index is 593. The van der Waals surface area contributed by atoms with E-state index in [1.807, 2.05) is 19.1 Å². The van der Waals surface area contributed by atoms with E-state index >= 15 is 0 Å². The van der Waals surface area contributed by atoms with E-state index in [1.165, 1.54) is 6.92 Å². The van der Waals surface area contributed by atoms with Crippen LogP contribution in [0.4, 0.5) is 0 Å². The van der Waals surface area contributed by atoms with E-state index in [2.05, 4.69) is 10.3 Å². The van der Waals surface area contributed by atoms with Crippen LogP contribution in [0, 0.1) is 6.92 Å². The molecule has 0 aliphatic carbocycles. The molecule has 0 aromatic heterocycles. The fraction of sp³-hybridized carbons (Fsp3) is 0.286. The summed E-state index contributed by atoms with van der Waals surface area (Å²) in [6.45, 7) is 3.29. The minimum absolute atomic E-state index is 0.0825. The lowest BCUT2D eigenvalue weighted by Crippen LogP contribution is -2.24. The molecule has 0 fully saturated rings. The van der Waals surface area contributed by atoms with Crippen LogP contribution < -0.4 is 5.32 Å². The molecule has 0 saturated heterocycles. The fourth-order valence-electron chi connectivity index (χ4n) is 1.75. The molecule has 0 saturated carbocycles. The van der Waals surface area contributed by atoms with E-state index in [1.54, 1.807) is 12.1 Å². The third-order valence-corrected chi connectivity index (χ3v) is 3.84. The second-order valence-corrected chi connectivity index (χ2v) is 5.73. The number of amides is 2. The predicted octanol–water partition coefficient (Wildman–Crippen LogP) is 1.70. The van der Waals surface area contributed by atoms with Gasteiger partial charge in [-0.2, -0.15) is 4.99 Å². The number of benzene rings is 1. The van der Waals surface area contributed by atoms with Gasteiger partial charge < -0.3 is 5.32 Å². The molecule has 6 heteroatoms. The largest absolute Gasteiger partial charge is 0.305 e. The topological polar surface area (TPSA) is 75.6 Å². The Kier molecular flexibility index (Phi) is 4.34. The summed E-state index contributed by atoms with van der Waals surface area (Å²) in [5.41, 5.74) is 1.65. The molecular formula is C14H14N2O3S. The van der Waals surface area contributed by atoms with Gasteiger partial charge in [-0.3, -0.25) is 14.4 Å². The standard InChI is InChI=1S/C14H14N2O3S/c1-8-3-5-10(6-4-8)11(18)7-12-13(19)16-14(20-12)15-9(2)17/h3-6,12H,7H2,1-2H3,(H,15,16,17,19)/t12-/m1/s1. The van der Waals surface area contributed by atoms with Crippen molar-refractivity contribution in [3.05, 3.63) is 35.4 Å². The second-order valence-electron chi connectivity index (χ2n) is 4.54.